The van der Waals surface area contributed by atoms with Crippen molar-refractivity contribution >= 4 is 50.3 Å². The van der Waals surface area contributed by atoms with Crippen molar-refractivity contribution in [1.82, 2.24) is 0 Å². The second-order valence-corrected chi connectivity index (χ2v) is 14.1. The smallest absolute Gasteiger partial charge is 0.259 e. The van der Waals surface area contributed by atoms with E-state index in [1.807, 2.05) is 36.4 Å². The van der Waals surface area contributed by atoms with E-state index >= 15 is 35.1 Å². The van der Waals surface area contributed by atoms with Crippen LogP contribution in [0.4, 0.5) is 87.8 Å². The summed E-state index contributed by atoms with van der Waals surface area (Å²) in [5, 5.41) is 10.9. The lowest BCUT2D eigenvalue weighted by atomic mass is 9.12. The van der Waals surface area contributed by atoms with Crippen LogP contribution in [0.3, 0.4) is 0 Å². The van der Waals surface area contributed by atoms with Crippen molar-refractivity contribution in [3.63, 3.8) is 0 Å². The first-order chi connectivity index (χ1) is 31.9. The third-order valence-electron chi connectivity index (χ3n) is 10.5. The molecule has 4 nitrogen and oxygen atoms in total. The number of nitrogens with zero attached hydrogens (tertiary/aromatic N) is 1. The topological polar surface area (TPSA) is 58.2 Å². The SMILES string of the molecule is Fc1c(F)c(F)c([B-](c2c(F)c(F)c(F)c(F)c2F)(c2c(F)c(F)c(F)c(F)c2F)c2c(F)c(F)c(F)c(F)c2F)c(F)c1F.O=C(C[n+]1ccc2ccccc2c1C(=O)CO)c1ccccc1. The molecule has 0 spiro atoms. The normalized spacial score (nSPS) is 11.5. The zero-order chi connectivity index (χ0) is 50.6. The van der Waals surface area contributed by atoms with Gasteiger partial charge >= 0.3 is 0 Å². The van der Waals surface area contributed by atoms with Gasteiger partial charge in [-0.15, -0.1) is 21.9 Å². The molecule has 0 amide bonds. The lowest BCUT2D eigenvalue weighted by Crippen LogP contribution is -2.81. The molecular weight excluding hydrogens is 969 g/mol. The van der Waals surface area contributed by atoms with Gasteiger partial charge in [-0.2, -0.15) is 4.57 Å². The van der Waals surface area contributed by atoms with E-state index in [-0.39, 0.29) is 12.3 Å². The molecule has 1 aromatic heterocycles. The van der Waals surface area contributed by atoms with Gasteiger partial charge in [-0.05, 0) is 11.5 Å². The van der Waals surface area contributed by atoms with Gasteiger partial charge in [-0.1, -0.05) is 48.5 Å². The minimum absolute atomic E-state index is 0.0515. The predicted molar refractivity (Wildman–Crippen MR) is 196 cm³/mol. The van der Waals surface area contributed by atoms with Gasteiger partial charge in [0, 0.05) is 11.6 Å². The summed E-state index contributed by atoms with van der Waals surface area (Å²) in [5.41, 5.74) is -13.4. The van der Waals surface area contributed by atoms with Crippen molar-refractivity contribution in [2.45, 2.75) is 6.54 Å². The van der Waals surface area contributed by atoms with Crippen molar-refractivity contribution < 1.29 is 107 Å². The van der Waals surface area contributed by atoms with Crippen molar-refractivity contribution in [2.24, 2.45) is 0 Å². The van der Waals surface area contributed by atoms with Crippen LogP contribution in [0.5, 0.6) is 0 Å². The molecule has 1 heterocycles. The Balaban J connectivity index is 0.000000276. The Kier molecular flexibility index (Phi) is 13.8. The van der Waals surface area contributed by atoms with Crippen LogP contribution in [0.25, 0.3) is 10.8 Å². The molecule has 0 radical (unpaired) electrons. The van der Waals surface area contributed by atoms with E-state index in [4.69, 9.17) is 0 Å². The molecule has 0 saturated heterocycles. The zero-order valence-corrected chi connectivity index (χ0v) is 32.6. The van der Waals surface area contributed by atoms with Gasteiger partial charge in [0.25, 0.3) is 11.5 Å². The number of halogens is 20. The Hall–Kier alpha value is -7.31. The van der Waals surface area contributed by atoms with Crippen LogP contribution in [0.1, 0.15) is 20.8 Å². The maximum atomic E-state index is 15.4. The van der Waals surface area contributed by atoms with Gasteiger partial charge in [0.15, 0.2) is 76.0 Å². The van der Waals surface area contributed by atoms with Gasteiger partial charge < -0.3 is 5.11 Å². The summed E-state index contributed by atoms with van der Waals surface area (Å²) in [6.07, 6.45) is -5.50. The largest absolute Gasteiger partial charge is 0.388 e. The van der Waals surface area contributed by atoms with Gasteiger partial charge in [0.05, 0.1) is 5.39 Å². The second-order valence-electron chi connectivity index (χ2n) is 14.1. The fourth-order valence-electron chi connectivity index (χ4n) is 7.52. The van der Waals surface area contributed by atoms with E-state index in [0.29, 0.717) is 11.3 Å². The van der Waals surface area contributed by atoms with E-state index in [2.05, 4.69) is 0 Å². The van der Waals surface area contributed by atoms with Crippen LogP contribution in [0.2, 0.25) is 0 Å². The van der Waals surface area contributed by atoms with Gasteiger partial charge in [-0.3, -0.25) is 9.59 Å². The Morgan fingerprint density at radius 2 is 0.676 bits per heavy atom. The molecule has 0 saturated carbocycles. The second kappa shape index (κ2) is 18.8. The number of ketones is 2. The zero-order valence-electron chi connectivity index (χ0n) is 32.6. The molecule has 0 unspecified atom stereocenters. The lowest BCUT2D eigenvalue weighted by Gasteiger charge is -2.44. The van der Waals surface area contributed by atoms with E-state index in [1.165, 1.54) is 0 Å². The number of pyridine rings is 1. The molecule has 0 atom stereocenters. The van der Waals surface area contributed by atoms with Crippen LogP contribution in [-0.2, 0) is 6.54 Å². The monoisotopic (exact) mass is 985 g/mol. The summed E-state index contributed by atoms with van der Waals surface area (Å²) >= 11 is 0. The highest BCUT2D eigenvalue weighted by Gasteiger charge is 2.52. The Morgan fingerprint density at radius 1 is 0.382 bits per heavy atom. The number of carbonyl (C=O) groups excluding carboxylic acids is 2. The van der Waals surface area contributed by atoms with Crippen LogP contribution >= 0.6 is 0 Å². The van der Waals surface area contributed by atoms with E-state index in [0.717, 1.165) is 10.8 Å². The molecule has 0 bridgehead atoms. The minimum Gasteiger partial charge on any atom is -0.388 e. The average Bonchev–Trinajstić information content (AvgIpc) is 3.33. The number of aliphatic hydroxyl groups excluding tert-OH is 1. The maximum absolute atomic E-state index is 15.4. The highest BCUT2D eigenvalue weighted by atomic mass is 19.2. The number of hydrogen-bond acceptors (Lipinski definition) is 3. The van der Waals surface area contributed by atoms with E-state index in [9.17, 15) is 67.4 Å². The Bertz CT molecular complexity index is 2860. The van der Waals surface area contributed by atoms with Gasteiger partial charge in [0.2, 0.25) is 12.3 Å². The van der Waals surface area contributed by atoms with Crippen molar-refractivity contribution in [1.29, 1.82) is 0 Å². The van der Waals surface area contributed by atoms with Crippen molar-refractivity contribution in [2.75, 3.05) is 6.61 Å². The number of Topliss-reactive ketones (excluding diaryl/α,β-unsaturated/α-hetero) is 2. The molecule has 0 aliphatic rings. The van der Waals surface area contributed by atoms with Crippen LogP contribution in [0.15, 0.2) is 66.9 Å². The first-order valence-electron chi connectivity index (χ1n) is 18.3. The highest BCUT2D eigenvalue weighted by molar-refractivity contribution is 7.20. The summed E-state index contributed by atoms with van der Waals surface area (Å²) in [7, 11) is 0. The van der Waals surface area contributed by atoms with Crippen LogP contribution in [-0.4, -0.2) is 29.4 Å². The quantitative estimate of drug-likeness (QED) is 0.0399. The van der Waals surface area contributed by atoms with Gasteiger partial charge in [-0.25, -0.2) is 87.8 Å². The van der Waals surface area contributed by atoms with Crippen molar-refractivity contribution in [3.8, 4) is 0 Å². The number of carbonyl (C=O) groups is 2. The number of rotatable bonds is 9. The number of fused-ring (bicyclic) bond motifs is 1. The highest BCUT2D eigenvalue weighted by Crippen LogP contribution is 2.31. The summed E-state index contributed by atoms with van der Waals surface area (Å²) < 4.78 is 296. The van der Waals surface area contributed by atoms with Gasteiger partial charge in [0.1, 0.15) is 59.3 Å². The van der Waals surface area contributed by atoms with E-state index < -0.39 is 157 Å². The standard InChI is InChI=1S/C24BF20.C19H16NO3/c26-5-1(6(27)14(35)21(42)13(5)34)25(2-7(28)15(36)22(43)16(37)8(2)29,3-9(30)17(38)23(44)18(39)10(3)31)4-11(32)19(40)24(45)20(41)12(4)33;21-13-18(23)19-16-9-5-4-6-14(16)10-11-20(19)12-17(22)15-7-2-1-3-8-15/h;1-11,21H,12-13H2/q-1;+1. The van der Waals surface area contributed by atoms with Crippen molar-refractivity contribution in [3.05, 3.63) is 194 Å². The Morgan fingerprint density at radius 3 is 1.00 bits per heavy atom. The fraction of sp³-hybridized carbons (Fsp3) is 0.0465. The van der Waals surface area contributed by atoms with E-state index in [1.54, 1.807) is 35.0 Å². The number of aliphatic hydroxyl groups is 1. The summed E-state index contributed by atoms with van der Waals surface area (Å²) in [6.45, 7) is -0.538. The molecular formula is C43H16BF20NO3. The summed E-state index contributed by atoms with van der Waals surface area (Å²) in [4.78, 5) is 24.6. The lowest BCUT2D eigenvalue weighted by molar-refractivity contribution is -0.683. The first-order valence-corrected chi connectivity index (χ1v) is 18.3. The third kappa shape index (κ3) is 7.76. The van der Waals surface area contributed by atoms with Crippen LogP contribution < -0.4 is 26.4 Å². The minimum atomic E-state index is -7.22. The molecule has 6 aromatic carbocycles. The predicted octanol–water partition coefficient (Wildman–Crippen LogP) is 8.03. The molecule has 0 aliphatic carbocycles. The fourth-order valence-corrected chi connectivity index (χ4v) is 7.52. The molecule has 0 fully saturated rings. The third-order valence-corrected chi connectivity index (χ3v) is 10.5. The molecule has 7 aromatic rings. The molecule has 0 aliphatic heterocycles. The average molecular weight is 985 g/mol. The number of hydrogen-bond donors (Lipinski definition) is 1. The number of benzene rings is 6. The molecule has 354 valence electrons. The first kappa shape index (κ1) is 50.1. The maximum Gasteiger partial charge on any atom is 0.259 e. The number of aromatic nitrogens is 1. The molecule has 68 heavy (non-hydrogen) atoms. The Labute approximate surface area is 364 Å². The van der Waals surface area contributed by atoms with Crippen LogP contribution in [0, 0.1) is 116 Å². The summed E-state index contributed by atoms with van der Waals surface area (Å²) in [5.74, 6) is -71.9. The summed E-state index contributed by atoms with van der Waals surface area (Å²) in [6, 6.07) is 18.2. The molecule has 25 heteroatoms. The molecule has 7 rings (SSSR count). The molecule has 1 N–H and O–H groups in total.